The van der Waals surface area contributed by atoms with Crippen LogP contribution in [0.4, 0.5) is 0 Å². The molecule has 386 valence electrons. The first-order chi connectivity index (χ1) is 40.2. The summed E-state index contributed by atoms with van der Waals surface area (Å²) in [4.78, 5) is 15.6. The smallest absolute Gasteiger partial charge is 0.164 e. The van der Waals surface area contributed by atoms with Gasteiger partial charge >= 0.3 is 0 Å². The minimum Gasteiger partial charge on any atom is -0.455 e. The summed E-state index contributed by atoms with van der Waals surface area (Å²) in [6.07, 6.45) is 17.9. The lowest BCUT2D eigenvalue weighted by Gasteiger charge is -2.39. The van der Waals surface area contributed by atoms with Gasteiger partial charge in [-0.15, -0.1) is 0 Å². The van der Waals surface area contributed by atoms with Crippen molar-refractivity contribution in [1.29, 1.82) is 0 Å². The largest absolute Gasteiger partial charge is 0.455 e. The zero-order valence-electron chi connectivity index (χ0n) is 44.9. The first-order valence-corrected chi connectivity index (χ1v) is 28.2. The third kappa shape index (κ3) is 8.77. The normalized spacial score (nSPS) is 13.5. The Morgan fingerprint density at radius 3 is 1.37 bits per heavy atom. The van der Waals surface area contributed by atoms with Gasteiger partial charge in [-0.1, -0.05) is 285 Å². The SMILES string of the molecule is C1=CCCC(C(c2ccccc2)(c2ccccc2)c2ccc(-c3cc(-c4ccc(C(C5=CCCC=C5)(c5ccccc5)c5ccccc5)cc4)c4oc5cccc(-c6nc(-c7ccccc7)nc(-c7ccccc7)n6)c5c4c3)cc2)=C1. The third-order valence-electron chi connectivity index (χ3n) is 16.6. The van der Waals surface area contributed by atoms with Gasteiger partial charge in [-0.25, -0.2) is 15.0 Å². The number of hydrogen-bond acceptors (Lipinski definition) is 4. The van der Waals surface area contributed by atoms with Gasteiger partial charge in [0.2, 0.25) is 0 Å². The van der Waals surface area contributed by atoms with Gasteiger partial charge < -0.3 is 4.42 Å². The van der Waals surface area contributed by atoms with E-state index in [1.807, 2.05) is 42.5 Å². The van der Waals surface area contributed by atoms with E-state index in [1.165, 1.54) is 44.5 Å². The van der Waals surface area contributed by atoms with Gasteiger partial charge in [0, 0.05) is 33.0 Å². The molecule has 0 spiro atoms. The maximum atomic E-state index is 7.18. The Bertz CT molecular complexity index is 4200. The topological polar surface area (TPSA) is 51.8 Å². The van der Waals surface area contributed by atoms with Crippen LogP contribution in [-0.2, 0) is 10.8 Å². The summed E-state index contributed by atoms with van der Waals surface area (Å²) in [6.45, 7) is 0. The number of benzene rings is 10. The van der Waals surface area contributed by atoms with E-state index in [-0.39, 0.29) is 0 Å². The van der Waals surface area contributed by atoms with E-state index in [2.05, 4.69) is 255 Å². The predicted molar refractivity (Wildman–Crippen MR) is 333 cm³/mol. The van der Waals surface area contributed by atoms with Crippen molar-refractivity contribution >= 4 is 21.9 Å². The molecule has 0 N–H and O–H groups in total. The quantitative estimate of drug-likeness (QED) is 0.108. The fourth-order valence-corrected chi connectivity index (χ4v) is 12.9. The van der Waals surface area contributed by atoms with Crippen LogP contribution < -0.4 is 0 Å². The molecular formula is C77H57N3O. The van der Waals surface area contributed by atoms with Crippen LogP contribution in [0, 0.1) is 0 Å². The van der Waals surface area contributed by atoms with Gasteiger partial charge in [-0.3, -0.25) is 0 Å². The molecule has 2 aromatic heterocycles. The van der Waals surface area contributed by atoms with E-state index in [0.717, 1.165) is 86.6 Å². The Morgan fingerprint density at radius 2 is 0.852 bits per heavy atom. The Balaban J connectivity index is 0.992. The summed E-state index contributed by atoms with van der Waals surface area (Å²) in [5, 5.41) is 1.92. The van der Waals surface area contributed by atoms with Crippen molar-refractivity contribution in [3.8, 4) is 56.4 Å². The number of allylic oxidation sites excluding steroid dienone is 8. The number of fused-ring (bicyclic) bond motifs is 3. The summed E-state index contributed by atoms with van der Waals surface area (Å²) in [7, 11) is 0. The van der Waals surface area contributed by atoms with Crippen LogP contribution in [0.3, 0.4) is 0 Å². The van der Waals surface area contributed by atoms with Gasteiger partial charge in [0.15, 0.2) is 17.5 Å². The van der Waals surface area contributed by atoms with E-state index in [4.69, 9.17) is 19.4 Å². The van der Waals surface area contributed by atoms with Crippen LogP contribution in [0.25, 0.3) is 78.4 Å². The second kappa shape index (κ2) is 21.3. The molecule has 14 rings (SSSR count). The van der Waals surface area contributed by atoms with Crippen LogP contribution in [0.5, 0.6) is 0 Å². The molecule has 2 aliphatic rings. The molecule has 0 radical (unpaired) electrons. The van der Waals surface area contributed by atoms with Crippen LogP contribution in [0.2, 0.25) is 0 Å². The standard InChI is InChI=1S/C77H57N3O/c1-9-26-56(27-10-1)73-78-74(57-28-11-2-12-29-57)80-75(79-73)67-42-25-43-70-71(67)69-53-58(54-44-48-65(49-45-54)76(59-30-13-3-14-31-59,60-32-15-4-16-33-60)61-34-17-5-18-35-61)52-68(72(69)81-70)55-46-50-66(51-47-55)77(62-36-19-6-20-37-62,63-38-21-7-22-39-63)64-40-23-8-24-41-64/h1-7,9-17,19-23,25-34,36-53H,8,18,24,35H2. The molecule has 0 bridgehead atoms. The monoisotopic (exact) mass is 1040 g/mol. The molecule has 10 aromatic carbocycles. The first-order valence-electron chi connectivity index (χ1n) is 28.2. The van der Waals surface area contributed by atoms with Gasteiger partial charge in [-0.2, -0.15) is 0 Å². The van der Waals surface area contributed by atoms with Crippen molar-refractivity contribution < 1.29 is 4.42 Å². The molecule has 0 saturated heterocycles. The molecule has 4 heteroatoms. The summed E-state index contributed by atoms with van der Waals surface area (Å²) in [6, 6.07) is 93.8. The third-order valence-corrected chi connectivity index (χ3v) is 16.6. The number of hydrogen-bond donors (Lipinski definition) is 0. The predicted octanol–water partition coefficient (Wildman–Crippen LogP) is 19.3. The van der Waals surface area contributed by atoms with Gasteiger partial charge in [-0.05, 0) is 99.5 Å². The Kier molecular flexibility index (Phi) is 13.0. The second-order valence-electron chi connectivity index (χ2n) is 21.1. The van der Waals surface area contributed by atoms with Gasteiger partial charge in [0.25, 0.3) is 0 Å². The molecule has 0 atom stereocenters. The zero-order chi connectivity index (χ0) is 54.0. The summed E-state index contributed by atoms with van der Waals surface area (Å²) in [5.74, 6) is 1.79. The second-order valence-corrected chi connectivity index (χ2v) is 21.1. The summed E-state index contributed by atoms with van der Waals surface area (Å²) in [5.41, 5.74) is 17.4. The fraction of sp³-hybridized carbons (Fsp3) is 0.0779. The van der Waals surface area contributed by atoms with Crippen LogP contribution in [0.1, 0.15) is 59.1 Å². The Labute approximate surface area is 473 Å². The number of furan rings is 1. The van der Waals surface area contributed by atoms with Crippen molar-refractivity contribution in [1.82, 2.24) is 15.0 Å². The highest BCUT2D eigenvalue weighted by Gasteiger charge is 2.41. The zero-order valence-corrected chi connectivity index (χ0v) is 44.9. The highest BCUT2D eigenvalue weighted by atomic mass is 16.3. The first kappa shape index (κ1) is 49.3. The van der Waals surface area contributed by atoms with Crippen molar-refractivity contribution in [2.75, 3.05) is 0 Å². The van der Waals surface area contributed by atoms with Crippen molar-refractivity contribution in [2.24, 2.45) is 0 Å². The van der Waals surface area contributed by atoms with E-state index in [1.54, 1.807) is 0 Å². The van der Waals surface area contributed by atoms with E-state index < -0.39 is 10.8 Å². The van der Waals surface area contributed by atoms with E-state index >= 15 is 0 Å². The summed E-state index contributed by atoms with van der Waals surface area (Å²) >= 11 is 0. The molecule has 2 aliphatic carbocycles. The van der Waals surface area contributed by atoms with Gasteiger partial charge in [0.05, 0.1) is 10.8 Å². The number of rotatable bonds is 13. The average molecular weight is 1040 g/mol. The lowest BCUT2D eigenvalue weighted by atomic mass is 9.63. The fourth-order valence-electron chi connectivity index (χ4n) is 12.9. The molecule has 0 amide bonds. The number of nitrogens with zero attached hydrogens (tertiary/aromatic N) is 3. The highest BCUT2D eigenvalue weighted by Crippen LogP contribution is 2.51. The average Bonchev–Trinajstić information content (AvgIpc) is 3.99. The Hall–Kier alpha value is -10.0. The summed E-state index contributed by atoms with van der Waals surface area (Å²) < 4.78 is 7.18. The molecule has 81 heavy (non-hydrogen) atoms. The number of aromatic nitrogens is 3. The molecule has 4 nitrogen and oxygen atoms in total. The van der Waals surface area contributed by atoms with Gasteiger partial charge in [0.1, 0.15) is 11.2 Å². The maximum Gasteiger partial charge on any atom is 0.164 e. The Morgan fingerprint density at radius 1 is 0.358 bits per heavy atom. The minimum absolute atomic E-state index is 0.502. The van der Waals surface area contributed by atoms with Crippen molar-refractivity contribution in [3.63, 3.8) is 0 Å². The van der Waals surface area contributed by atoms with E-state index in [0.29, 0.717) is 17.5 Å². The molecule has 0 unspecified atom stereocenters. The van der Waals surface area contributed by atoms with Crippen LogP contribution in [0.15, 0.2) is 313 Å². The lowest BCUT2D eigenvalue weighted by Crippen LogP contribution is -2.32. The molecular weight excluding hydrogens is 983 g/mol. The van der Waals surface area contributed by atoms with Crippen molar-refractivity contribution in [3.05, 3.63) is 342 Å². The lowest BCUT2D eigenvalue weighted by molar-refractivity contribution is 0.670. The molecule has 12 aromatic rings. The maximum absolute atomic E-state index is 7.18. The molecule has 0 aliphatic heterocycles. The van der Waals surface area contributed by atoms with Crippen LogP contribution >= 0.6 is 0 Å². The molecule has 0 saturated carbocycles. The van der Waals surface area contributed by atoms with Crippen LogP contribution in [-0.4, -0.2) is 15.0 Å². The van der Waals surface area contributed by atoms with E-state index in [9.17, 15) is 0 Å². The highest BCUT2D eigenvalue weighted by molar-refractivity contribution is 6.16. The minimum atomic E-state index is -0.550. The van der Waals surface area contributed by atoms with Crippen molar-refractivity contribution in [2.45, 2.75) is 36.5 Å². The molecule has 2 heterocycles. The molecule has 0 fully saturated rings.